The van der Waals surface area contributed by atoms with E-state index in [4.69, 9.17) is 5.73 Å². The second-order valence-corrected chi connectivity index (χ2v) is 7.51. The molecule has 0 spiro atoms. The van der Waals surface area contributed by atoms with Gasteiger partial charge in [0.25, 0.3) is 0 Å². The first-order chi connectivity index (χ1) is 7.59. The van der Waals surface area contributed by atoms with Gasteiger partial charge >= 0.3 is 0 Å². The van der Waals surface area contributed by atoms with E-state index in [0.717, 1.165) is 17.8 Å². The predicted octanol–water partition coefficient (Wildman–Crippen LogP) is 0.980. The Bertz CT molecular complexity index is 428. The number of sulfone groups is 1. The summed E-state index contributed by atoms with van der Waals surface area (Å²) in [6.07, 6.45) is 4.75. The molecule has 1 aliphatic rings. The third-order valence-corrected chi connectivity index (χ3v) is 6.17. The molecule has 16 heavy (non-hydrogen) atoms. The van der Waals surface area contributed by atoms with Crippen LogP contribution in [0.3, 0.4) is 0 Å². The summed E-state index contributed by atoms with van der Waals surface area (Å²) in [5.41, 5.74) is 6.00. The lowest BCUT2D eigenvalue weighted by Gasteiger charge is -2.26. The van der Waals surface area contributed by atoms with Gasteiger partial charge in [-0.15, -0.1) is 11.3 Å². The normalized spacial score (nSPS) is 26.4. The lowest BCUT2D eigenvalue weighted by atomic mass is 10.1. The van der Waals surface area contributed by atoms with Crippen LogP contribution in [0.15, 0.2) is 11.6 Å². The maximum Gasteiger partial charge on any atom is 0.154 e. The highest BCUT2D eigenvalue weighted by atomic mass is 32.2. The summed E-state index contributed by atoms with van der Waals surface area (Å²) in [7, 11) is -2.97. The van der Waals surface area contributed by atoms with Gasteiger partial charge in [0.15, 0.2) is 9.84 Å². The average molecular weight is 260 g/mol. The molecule has 4 nitrogen and oxygen atoms in total. The second kappa shape index (κ2) is 4.81. The van der Waals surface area contributed by atoms with Crippen molar-refractivity contribution in [1.82, 2.24) is 4.98 Å². The van der Waals surface area contributed by atoms with E-state index in [2.05, 4.69) is 4.98 Å². The minimum absolute atomic E-state index is 0.295. The summed E-state index contributed by atoms with van der Waals surface area (Å²) < 4.78 is 23.7. The molecule has 1 aromatic heterocycles. The number of hydrogen-bond donors (Lipinski definition) is 1. The van der Waals surface area contributed by atoms with Gasteiger partial charge in [-0.05, 0) is 12.8 Å². The second-order valence-electron chi connectivity index (χ2n) is 4.20. The summed E-state index contributed by atoms with van der Waals surface area (Å²) in [4.78, 5) is 4.14. The van der Waals surface area contributed by atoms with E-state index in [-0.39, 0.29) is 11.3 Å². The molecular weight excluding hydrogens is 244 g/mol. The van der Waals surface area contributed by atoms with E-state index < -0.39 is 9.84 Å². The van der Waals surface area contributed by atoms with E-state index in [1.165, 1.54) is 11.3 Å². The van der Waals surface area contributed by atoms with Gasteiger partial charge in [0.2, 0.25) is 0 Å². The molecule has 90 valence electrons. The van der Waals surface area contributed by atoms with Gasteiger partial charge in [-0.25, -0.2) is 13.4 Å². The highest BCUT2D eigenvalue weighted by Gasteiger charge is 2.33. The summed E-state index contributed by atoms with van der Waals surface area (Å²) in [6, 6.07) is -0.309. The molecule has 2 atom stereocenters. The van der Waals surface area contributed by atoms with Crippen LogP contribution in [0.1, 0.15) is 24.3 Å². The number of hydrogen-bond acceptors (Lipinski definition) is 5. The summed E-state index contributed by atoms with van der Waals surface area (Å²) >= 11 is 1.53. The zero-order valence-corrected chi connectivity index (χ0v) is 10.6. The van der Waals surface area contributed by atoms with Gasteiger partial charge in [0.05, 0.1) is 16.0 Å². The molecule has 1 fully saturated rings. The Morgan fingerprint density at radius 2 is 2.38 bits per heavy atom. The SMILES string of the molecule is NC(Cc1nccs1)C1CCCCS1(=O)=O. The molecule has 2 heterocycles. The van der Waals surface area contributed by atoms with Crippen LogP contribution in [0.4, 0.5) is 0 Å². The summed E-state index contributed by atoms with van der Waals surface area (Å²) in [5, 5.41) is 2.44. The van der Waals surface area contributed by atoms with Crippen molar-refractivity contribution in [2.75, 3.05) is 5.75 Å². The zero-order valence-electron chi connectivity index (χ0n) is 9.00. The van der Waals surface area contributed by atoms with Crippen molar-refractivity contribution in [1.29, 1.82) is 0 Å². The van der Waals surface area contributed by atoms with Gasteiger partial charge in [-0.3, -0.25) is 0 Å². The van der Waals surface area contributed by atoms with Crippen LogP contribution in [0.5, 0.6) is 0 Å². The van der Waals surface area contributed by atoms with Crippen LogP contribution >= 0.6 is 11.3 Å². The average Bonchev–Trinajstić information content (AvgIpc) is 2.69. The number of nitrogens with two attached hydrogens (primary N) is 1. The Hall–Kier alpha value is -0.460. The maximum absolute atomic E-state index is 11.9. The van der Waals surface area contributed by atoms with Crippen molar-refractivity contribution in [3.63, 3.8) is 0 Å². The van der Waals surface area contributed by atoms with Gasteiger partial charge in [-0.1, -0.05) is 6.42 Å². The Morgan fingerprint density at radius 1 is 1.56 bits per heavy atom. The molecule has 1 aliphatic heterocycles. The summed E-state index contributed by atoms with van der Waals surface area (Å²) in [5.74, 6) is 0.295. The molecule has 0 bridgehead atoms. The van der Waals surface area contributed by atoms with E-state index in [9.17, 15) is 8.42 Å². The van der Waals surface area contributed by atoms with E-state index in [1.807, 2.05) is 5.38 Å². The van der Waals surface area contributed by atoms with Crippen molar-refractivity contribution in [3.8, 4) is 0 Å². The number of nitrogens with zero attached hydrogens (tertiary/aromatic N) is 1. The fraction of sp³-hybridized carbons (Fsp3) is 0.700. The predicted molar refractivity (Wildman–Crippen MR) is 65.2 cm³/mol. The van der Waals surface area contributed by atoms with E-state index in [1.54, 1.807) is 6.20 Å². The van der Waals surface area contributed by atoms with Gasteiger partial charge in [0.1, 0.15) is 0 Å². The molecule has 0 aliphatic carbocycles. The molecule has 2 N–H and O–H groups in total. The molecule has 2 rings (SSSR count). The van der Waals surface area contributed by atoms with Crippen LogP contribution in [0, 0.1) is 0 Å². The van der Waals surface area contributed by atoms with E-state index >= 15 is 0 Å². The standard InChI is InChI=1S/C10H16N2O2S2/c11-8(7-10-12-4-5-15-10)9-3-1-2-6-16(9,13)14/h4-5,8-9H,1-3,6-7,11H2. The van der Waals surface area contributed by atoms with Crippen LogP contribution in [-0.2, 0) is 16.3 Å². The molecule has 0 radical (unpaired) electrons. The Kier molecular flexibility index (Phi) is 3.61. The molecule has 0 saturated carbocycles. The highest BCUT2D eigenvalue weighted by Crippen LogP contribution is 2.23. The first kappa shape index (κ1) is 12.0. The monoisotopic (exact) mass is 260 g/mol. The number of rotatable bonds is 3. The molecule has 6 heteroatoms. The minimum Gasteiger partial charge on any atom is -0.326 e. The van der Waals surface area contributed by atoms with Crippen molar-refractivity contribution >= 4 is 21.2 Å². The van der Waals surface area contributed by atoms with Gasteiger partial charge in [-0.2, -0.15) is 0 Å². The largest absolute Gasteiger partial charge is 0.326 e. The van der Waals surface area contributed by atoms with Gasteiger partial charge in [0, 0.05) is 24.0 Å². The van der Waals surface area contributed by atoms with Crippen LogP contribution in [0.2, 0.25) is 0 Å². The Balaban J connectivity index is 2.06. The molecule has 1 aromatic rings. The highest BCUT2D eigenvalue weighted by molar-refractivity contribution is 7.92. The fourth-order valence-corrected chi connectivity index (χ4v) is 4.90. The lowest BCUT2D eigenvalue weighted by Crippen LogP contribution is -2.44. The number of aromatic nitrogens is 1. The van der Waals surface area contributed by atoms with E-state index in [0.29, 0.717) is 18.6 Å². The first-order valence-corrected chi connectivity index (χ1v) is 8.04. The Morgan fingerprint density at radius 3 is 3.00 bits per heavy atom. The fourth-order valence-electron chi connectivity index (χ4n) is 2.15. The van der Waals surface area contributed by atoms with Crippen molar-refractivity contribution in [3.05, 3.63) is 16.6 Å². The van der Waals surface area contributed by atoms with Crippen LogP contribution in [-0.4, -0.2) is 30.4 Å². The topological polar surface area (TPSA) is 73.0 Å². The van der Waals surface area contributed by atoms with Crippen LogP contribution in [0.25, 0.3) is 0 Å². The lowest BCUT2D eigenvalue weighted by molar-refractivity contribution is 0.495. The van der Waals surface area contributed by atoms with Gasteiger partial charge < -0.3 is 5.73 Å². The minimum atomic E-state index is -2.97. The third-order valence-electron chi connectivity index (χ3n) is 3.00. The third kappa shape index (κ3) is 2.61. The number of thiazole rings is 1. The van der Waals surface area contributed by atoms with Crippen molar-refractivity contribution < 1.29 is 8.42 Å². The maximum atomic E-state index is 11.9. The molecule has 1 saturated heterocycles. The molecule has 0 aromatic carbocycles. The molecule has 0 amide bonds. The first-order valence-electron chi connectivity index (χ1n) is 5.45. The van der Waals surface area contributed by atoms with Crippen LogP contribution < -0.4 is 5.73 Å². The Labute approximate surface area is 99.8 Å². The zero-order chi connectivity index (χ0) is 11.6. The van der Waals surface area contributed by atoms with Crippen molar-refractivity contribution in [2.24, 2.45) is 5.73 Å². The van der Waals surface area contributed by atoms with Crippen molar-refractivity contribution in [2.45, 2.75) is 37.0 Å². The molecular formula is C10H16N2O2S2. The molecule has 2 unspecified atom stereocenters. The summed E-state index contributed by atoms with van der Waals surface area (Å²) in [6.45, 7) is 0. The smallest absolute Gasteiger partial charge is 0.154 e. The quantitative estimate of drug-likeness (QED) is 0.879.